The minimum atomic E-state index is -0.702. The number of urea groups is 1. The molecule has 3 N–H and O–H groups in total. The molecular formula is C11H11Cl2N3O. The van der Waals surface area contributed by atoms with Gasteiger partial charge in [0.2, 0.25) is 0 Å². The number of rotatable bonds is 3. The number of allylic oxidation sites excluding steroid dienone is 1. The van der Waals surface area contributed by atoms with E-state index in [0.29, 0.717) is 15.8 Å². The van der Waals surface area contributed by atoms with Crippen molar-refractivity contribution in [3.63, 3.8) is 0 Å². The van der Waals surface area contributed by atoms with Gasteiger partial charge in [0.05, 0.1) is 15.8 Å². The number of nitrogens with zero attached hydrogens (tertiary/aromatic N) is 1. The number of nitrogens with two attached hydrogens (primary N) is 1. The van der Waals surface area contributed by atoms with Crippen molar-refractivity contribution in [2.45, 2.75) is 6.92 Å². The van der Waals surface area contributed by atoms with Crippen molar-refractivity contribution in [2.75, 3.05) is 0 Å². The predicted octanol–water partition coefficient (Wildman–Crippen LogP) is 3.05. The lowest BCUT2D eigenvalue weighted by Gasteiger charge is -1.98. The van der Waals surface area contributed by atoms with E-state index in [0.717, 1.165) is 5.56 Å². The van der Waals surface area contributed by atoms with Gasteiger partial charge >= 0.3 is 6.03 Å². The molecule has 0 radical (unpaired) electrons. The smallest absolute Gasteiger partial charge is 0.332 e. The Hall–Kier alpha value is -1.52. The molecule has 90 valence electrons. The highest BCUT2D eigenvalue weighted by Crippen LogP contribution is 2.23. The van der Waals surface area contributed by atoms with E-state index in [4.69, 9.17) is 28.9 Å². The summed E-state index contributed by atoms with van der Waals surface area (Å²) in [5.41, 5.74) is 8.49. The standard InChI is InChI=1S/C11H11Cl2N3O/c1-7(15-16-11(14)17)2-3-8-4-5-9(12)10(13)6-8/h2-6H,1H3,(H3,14,16,17)/b3-2+,15-7-. The van der Waals surface area contributed by atoms with Gasteiger partial charge in [-0.15, -0.1) is 0 Å². The molecule has 1 aromatic carbocycles. The lowest BCUT2D eigenvalue weighted by atomic mass is 10.2. The SMILES string of the molecule is CC(/C=C/c1ccc(Cl)c(Cl)c1)=N/NC(N)=O. The maximum atomic E-state index is 10.4. The molecule has 1 rings (SSSR count). The van der Waals surface area contributed by atoms with E-state index in [1.165, 1.54) is 0 Å². The van der Waals surface area contributed by atoms with E-state index in [1.54, 1.807) is 31.2 Å². The largest absolute Gasteiger partial charge is 0.350 e. The van der Waals surface area contributed by atoms with E-state index >= 15 is 0 Å². The van der Waals surface area contributed by atoms with E-state index in [2.05, 4.69) is 10.5 Å². The van der Waals surface area contributed by atoms with Gasteiger partial charge in [0.15, 0.2) is 0 Å². The third-order valence-electron chi connectivity index (χ3n) is 1.80. The molecule has 6 heteroatoms. The fourth-order valence-corrected chi connectivity index (χ4v) is 1.32. The van der Waals surface area contributed by atoms with Crippen molar-refractivity contribution in [2.24, 2.45) is 10.8 Å². The van der Waals surface area contributed by atoms with Gasteiger partial charge in [0, 0.05) is 0 Å². The van der Waals surface area contributed by atoms with Crippen LogP contribution in [0.15, 0.2) is 29.4 Å². The van der Waals surface area contributed by atoms with Gasteiger partial charge in [0.25, 0.3) is 0 Å². The monoisotopic (exact) mass is 271 g/mol. The van der Waals surface area contributed by atoms with Crippen LogP contribution in [0.5, 0.6) is 0 Å². The van der Waals surface area contributed by atoms with Crippen molar-refractivity contribution >= 4 is 41.0 Å². The Kier molecular flexibility index (Phi) is 5.00. The molecule has 0 aliphatic heterocycles. The van der Waals surface area contributed by atoms with Gasteiger partial charge in [-0.2, -0.15) is 5.10 Å². The van der Waals surface area contributed by atoms with Gasteiger partial charge < -0.3 is 5.73 Å². The summed E-state index contributed by atoms with van der Waals surface area (Å²) < 4.78 is 0. The summed E-state index contributed by atoms with van der Waals surface area (Å²) in [4.78, 5) is 10.4. The number of hydrogen-bond acceptors (Lipinski definition) is 2. The van der Waals surface area contributed by atoms with E-state index < -0.39 is 6.03 Å². The van der Waals surface area contributed by atoms with Crippen LogP contribution in [0.4, 0.5) is 4.79 Å². The number of benzene rings is 1. The van der Waals surface area contributed by atoms with Gasteiger partial charge in [-0.3, -0.25) is 0 Å². The van der Waals surface area contributed by atoms with Crippen molar-refractivity contribution in [1.29, 1.82) is 0 Å². The molecule has 1 aromatic rings. The van der Waals surface area contributed by atoms with Crippen LogP contribution >= 0.6 is 23.2 Å². The fourth-order valence-electron chi connectivity index (χ4n) is 1.01. The normalized spacial score (nSPS) is 11.8. The van der Waals surface area contributed by atoms with Crippen LogP contribution in [0, 0.1) is 0 Å². The molecule has 0 spiro atoms. The first kappa shape index (κ1) is 13.5. The molecule has 0 saturated carbocycles. The van der Waals surface area contributed by atoms with Crippen LogP contribution in [0.3, 0.4) is 0 Å². The third-order valence-corrected chi connectivity index (χ3v) is 2.54. The molecule has 0 aliphatic rings. The number of carbonyl (C=O) groups excluding carboxylic acids is 1. The van der Waals surface area contributed by atoms with Crippen LogP contribution in [0.2, 0.25) is 10.0 Å². The van der Waals surface area contributed by atoms with Crippen LogP contribution in [0.25, 0.3) is 6.08 Å². The number of hydrogen-bond donors (Lipinski definition) is 2. The highest BCUT2D eigenvalue weighted by atomic mass is 35.5. The number of halogens is 2. The zero-order valence-corrected chi connectivity index (χ0v) is 10.6. The van der Waals surface area contributed by atoms with Gasteiger partial charge in [-0.1, -0.05) is 35.3 Å². The molecule has 4 nitrogen and oxygen atoms in total. The summed E-state index contributed by atoms with van der Waals surface area (Å²) in [6.07, 6.45) is 3.51. The van der Waals surface area contributed by atoms with Crippen molar-refractivity contribution in [1.82, 2.24) is 5.43 Å². The van der Waals surface area contributed by atoms with E-state index in [1.807, 2.05) is 6.07 Å². The zero-order valence-electron chi connectivity index (χ0n) is 9.08. The van der Waals surface area contributed by atoms with Gasteiger partial charge in [0.1, 0.15) is 0 Å². The van der Waals surface area contributed by atoms with Crippen molar-refractivity contribution < 1.29 is 4.79 Å². The third kappa shape index (κ3) is 4.89. The number of nitrogens with one attached hydrogen (secondary N) is 1. The Morgan fingerprint density at radius 1 is 1.41 bits per heavy atom. The number of hydrazone groups is 1. The molecular weight excluding hydrogens is 261 g/mol. The number of carbonyl (C=O) groups is 1. The molecule has 0 aromatic heterocycles. The minimum Gasteiger partial charge on any atom is -0.350 e. The molecule has 0 bridgehead atoms. The van der Waals surface area contributed by atoms with Crippen LogP contribution < -0.4 is 11.2 Å². The van der Waals surface area contributed by atoms with E-state index in [9.17, 15) is 4.79 Å². The molecule has 0 heterocycles. The molecule has 17 heavy (non-hydrogen) atoms. The number of primary amides is 1. The molecule has 0 saturated heterocycles. The second-order valence-electron chi connectivity index (χ2n) is 3.24. The first-order chi connectivity index (χ1) is 7.99. The lowest BCUT2D eigenvalue weighted by Crippen LogP contribution is -2.25. The van der Waals surface area contributed by atoms with E-state index in [-0.39, 0.29) is 0 Å². The van der Waals surface area contributed by atoms with Crippen molar-refractivity contribution in [3.8, 4) is 0 Å². The Labute approximate surface area is 109 Å². The molecule has 0 aliphatic carbocycles. The molecule has 0 fully saturated rings. The highest BCUT2D eigenvalue weighted by Gasteiger charge is 1.96. The Morgan fingerprint density at radius 2 is 2.12 bits per heavy atom. The van der Waals surface area contributed by atoms with Gasteiger partial charge in [-0.05, 0) is 30.7 Å². The molecule has 0 atom stereocenters. The van der Waals surface area contributed by atoms with Crippen LogP contribution in [-0.2, 0) is 0 Å². The fraction of sp³-hybridized carbons (Fsp3) is 0.0909. The summed E-state index contributed by atoms with van der Waals surface area (Å²) in [6, 6.07) is 4.55. The molecule has 0 unspecified atom stereocenters. The summed E-state index contributed by atoms with van der Waals surface area (Å²) in [6.45, 7) is 1.73. The van der Waals surface area contributed by atoms with Crippen molar-refractivity contribution in [3.05, 3.63) is 39.9 Å². The zero-order chi connectivity index (χ0) is 12.8. The van der Waals surface area contributed by atoms with Crippen LogP contribution in [0.1, 0.15) is 12.5 Å². The highest BCUT2D eigenvalue weighted by molar-refractivity contribution is 6.42. The topological polar surface area (TPSA) is 67.5 Å². The van der Waals surface area contributed by atoms with Crippen LogP contribution in [-0.4, -0.2) is 11.7 Å². The Morgan fingerprint density at radius 3 is 2.71 bits per heavy atom. The Balaban J connectivity index is 2.73. The summed E-state index contributed by atoms with van der Waals surface area (Å²) >= 11 is 11.6. The predicted molar refractivity (Wildman–Crippen MR) is 71.3 cm³/mol. The maximum absolute atomic E-state index is 10.4. The summed E-state index contributed by atoms with van der Waals surface area (Å²) in [5.74, 6) is 0. The second-order valence-corrected chi connectivity index (χ2v) is 4.05. The second kappa shape index (κ2) is 6.27. The van der Waals surface area contributed by atoms with Gasteiger partial charge in [-0.25, -0.2) is 10.2 Å². The molecule has 2 amide bonds. The lowest BCUT2D eigenvalue weighted by molar-refractivity contribution is 0.249. The summed E-state index contributed by atoms with van der Waals surface area (Å²) in [7, 11) is 0. The number of amides is 2. The average molecular weight is 272 g/mol. The summed E-state index contributed by atoms with van der Waals surface area (Å²) in [5, 5.41) is 4.71. The first-order valence-electron chi connectivity index (χ1n) is 4.72. The average Bonchev–Trinajstić information content (AvgIpc) is 2.28. The minimum absolute atomic E-state index is 0.485. The first-order valence-corrected chi connectivity index (χ1v) is 5.47. The Bertz CT molecular complexity index is 484. The maximum Gasteiger partial charge on any atom is 0.332 e. The quantitative estimate of drug-likeness (QED) is 0.644.